The lowest BCUT2D eigenvalue weighted by Crippen LogP contribution is -2.41. The van der Waals surface area contributed by atoms with Crippen LogP contribution in [0.1, 0.15) is 39.7 Å². The van der Waals surface area contributed by atoms with Gasteiger partial charge in [-0.05, 0) is 27.8 Å². The van der Waals surface area contributed by atoms with Crippen LogP contribution in [0.3, 0.4) is 0 Å². The number of hydrogen-bond donors (Lipinski definition) is 0. The van der Waals surface area contributed by atoms with Crippen LogP contribution in [0.2, 0.25) is 0 Å². The lowest BCUT2D eigenvalue weighted by molar-refractivity contribution is -0.140. The van der Waals surface area contributed by atoms with Crippen LogP contribution in [0.4, 0.5) is 0 Å². The number of imide groups is 1. The van der Waals surface area contributed by atoms with Gasteiger partial charge in [-0.15, -0.1) is 0 Å². The van der Waals surface area contributed by atoms with Gasteiger partial charge in [-0.2, -0.15) is 0 Å². The molecule has 1 heterocycles. The molecule has 1 saturated heterocycles. The molecule has 3 heteroatoms. The number of rotatable bonds is 2. The molecule has 0 N–H and O–H groups in total. The van der Waals surface area contributed by atoms with Gasteiger partial charge in [0.25, 0.3) is 0 Å². The summed E-state index contributed by atoms with van der Waals surface area (Å²) in [5, 5.41) is 0. The van der Waals surface area contributed by atoms with Gasteiger partial charge < -0.3 is 0 Å². The van der Waals surface area contributed by atoms with E-state index in [-0.39, 0.29) is 35.5 Å². The Morgan fingerprint density at radius 2 is 0.964 bits per heavy atom. The summed E-state index contributed by atoms with van der Waals surface area (Å²) >= 11 is 0. The molecule has 1 fully saturated rings. The van der Waals surface area contributed by atoms with Crippen LogP contribution in [-0.4, -0.2) is 16.7 Å². The largest absolute Gasteiger partial charge is 0.278 e. The van der Waals surface area contributed by atoms with Crippen LogP contribution in [0.25, 0.3) is 0 Å². The maximum absolute atomic E-state index is 13.5. The fourth-order valence-corrected chi connectivity index (χ4v) is 5.66. The fraction of sp³-hybridized carbons (Fsp3) is 0.200. The van der Waals surface area contributed by atoms with E-state index < -0.39 is 0 Å². The Balaban J connectivity index is 1.50. The van der Waals surface area contributed by atoms with Gasteiger partial charge in [0.15, 0.2) is 0 Å². The molecular weight excluding hydrogens is 346 g/mol. The smallest absolute Gasteiger partial charge is 0.234 e. The third-order valence-electron chi connectivity index (χ3n) is 6.72. The molecule has 136 valence electrons. The van der Waals surface area contributed by atoms with Crippen molar-refractivity contribution in [3.8, 4) is 0 Å². The monoisotopic (exact) mass is 365 g/mol. The zero-order valence-electron chi connectivity index (χ0n) is 15.3. The number of carbonyl (C=O) groups is 2. The Hall–Kier alpha value is -3.20. The molecule has 4 aliphatic rings. The Labute approximate surface area is 163 Å². The Morgan fingerprint density at radius 1 is 0.571 bits per heavy atom. The Bertz CT molecular complexity index is 1000. The second kappa shape index (κ2) is 5.65. The van der Waals surface area contributed by atoms with Crippen LogP contribution < -0.4 is 0 Å². The van der Waals surface area contributed by atoms with E-state index in [4.69, 9.17) is 0 Å². The van der Waals surface area contributed by atoms with Crippen LogP contribution in [-0.2, 0) is 16.1 Å². The van der Waals surface area contributed by atoms with Crippen LogP contribution >= 0.6 is 0 Å². The average Bonchev–Trinajstić information content (AvgIpc) is 3.00. The summed E-state index contributed by atoms with van der Waals surface area (Å²) in [5.74, 6) is -0.660. The molecular formula is C25H19NO2. The van der Waals surface area contributed by atoms with E-state index in [0.717, 1.165) is 5.56 Å². The van der Waals surface area contributed by atoms with Crippen molar-refractivity contribution in [1.82, 2.24) is 4.90 Å². The number of hydrogen-bond acceptors (Lipinski definition) is 2. The normalized spacial score (nSPS) is 26.8. The summed E-state index contributed by atoms with van der Waals surface area (Å²) < 4.78 is 0. The molecule has 0 saturated carbocycles. The number of nitrogens with zero attached hydrogens (tertiary/aromatic N) is 1. The molecule has 2 bridgehead atoms. The molecule has 0 radical (unpaired) electrons. The first-order valence-corrected chi connectivity index (χ1v) is 9.82. The van der Waals surface area contributed by atoms with Crippen LogP contribution in [0.5, 0.6) is 0 Å². The molecule has 3 aliphatic carbocycles. The SMILES string of the molecule is O=C1[C@H]2C3c4ccccc4C(c4ccccc43)[C@@H]2C(=O)N1Cc1ccccc1. The summed E-state index contributed by atoms with van der Waals surface area (Å²) in [4.78, 5) is 28.4. The van der Waals surface area contributed by atoms with E-state index in [1.54, 1.807) is 0 Å². The molecule has 7 rings (SSSR count). The van der Waals surface area contributed by atoms with Crippen molar-refractivity contribution >= 4 is 11.8 Å². The van der Waals surface area contributed by atoms with Crippen molar-refractivity contribution in [3.63, 3.8) is 0 Å². The van der Waals surface area contributed by atoms with Crippen molar-refractivity contribution in [1.29, 1.82) is 0 Å². The summed E-state index contributed by atoms with van der Waals surface area (Å²) in [6, 6.07) is 26.5. The maximum Gasteiger partial charge on any atom is 0.234 e. The topological polar surface area (TPSA) is 37.4 Å². The molecule has 2 atom stereocenters. The zero-order chi connectivity index (χ0) is 18.8. The molecule has 0 unspecified atom stereocenters. The first-order valence-electron chi connectivity index (χ1n) is 9.82. The summed E-state index contributed by atoms with van der Waals surface area (Å²) in [6.07, 6.45) is 0. The summed E-state index contributed by atoms with van der Waals surface area (Å²) in [7, 11) is 0. The number of carbonyl (C=O) groups excluding carboxylic acids is 2. The highest BCUT2D eigenvalue weighted by atomic mass is 16.2. The van der Waals surface area contributed by atoms with Crippen molar-refractivity contribution < 1.29 is 9.59 Å². The van der Waals surface area contributed by atoms with E-state index in [2.05, 4.69) is 24.3 Å². The quantitative estimate of drug-likeness (QED) is 0.642. The number of benzene rings is 3. The predicted molar refractivity (Wildman–Crippen MR) is 106 cm³/mol. The number of likely N-dealkylation sites (tertiary alicyclic amines) is 1. The van der Waals surface area contributed by atoms with Gasteiger partial charge in [0.1, 0.15) is 0 Å². The molecule has 0 spiro atoms. The zero-order valence-corrected chi connectivity index (χ0v) is 15.3. The highest BCUT2D eigenvalue weighted by Crippen LogP contribution is 2.61. The van der Waals surface area contributed by atoms with Crippen molar-refractivity contribution in [2.24, 2.45) is 11.8 Å². The van der Waals surface area contributed by atoms with E-state index in [1.807, 2.05) is 54.6 Å². The molecule has 3 aromatic rings. The lowest BCUT2D eigenvalue weighted by Gasteiger charge is -2.45. The van der Waals surface area contributed by atoms with E-state index in [0.29, 0.717) is 6.54 Å². The van der Waals surface area contributed by atoms with Gasteiger partial charge in [0, 0.05) is 11.8 Å². The number of amides is 2. The Kier molecular flexibility index (Phi) is 3.19. The van der Waals surface area contributed by atoms with Crippen molar-refractivity contribution in [3.05, 3.63) is 107 Å². The molecule has 2 amide bonds. The minimum atomic E-state index is -0.286. The molecule has 3 aromatic carbocycles. The third-order valence-corrected chi connectivity index (χ3v) is 6.72. The maximum atomic E-state index is 13.5. The van der Waals surface area contributed by atoms with Gasteiger partial charge in [0.2, 0.25) is 11.8 Å². The lowest BCUT2D eigenvalue weighted by atomic mass is 9.55. The highest BCUT2D eigenvalue weighted by molar-refractivity contribution is 6.07. The van der Waals surface area contributed by atoms with Gasteiger partial charge in [0.05, 0.1) is 18.4 Å². The summed E-state index contributed by atoms with van der Waals surface area (Å²) in [6.45, 7) is 0.359. The minimum absolute atomic E-state index is 0.0159. The third kappa shape index (κ3) is 1.94. The Morgan fingerprint density at radius 3 is 1.39 bits per heavy atom. The van der Waals surface area contributed by atoms with Gasteiger partial charge in [-0.3, -0.25) is 14.5 Å². The summed E-state index contributed by atoms with van der Waals surface area (Å²) in [5.41, 5.74) is 5.86. The van der Waals surface area contributed by atoms with Gasteiger partial charge in [-0.25, -0.2) is 0 Å². The first-order chi connectivity index (χ1) is 13.8. The highest BCUT2D eigenvalue weighted by Gasteiger charge is 2.61. The predicted octanol–water partition coefficient (Wildman–Crippen LogP) is 4.08. The second-order valence-electron chi connectivity index (χ2n) is 8.01. The molecule has 28 heavy (non-hydrogen) atoms. The molecule has 3 nitrogen and oxygen atoms in total. The minimum Gasteiger partial charge on any atom is -0.278 e. The van der Waals surface area contributed by atoms with E-state index >= 15 is 0 Å². The van der Waals surface area contributed by atoms with Gasteiger partial charge in [-0.1, -0.05) is 78.9 Å². The van der Waals surface area contributed by atoms with Crippen molar-refractivity contribution in [2.75, 3.05) is 0 Å². The van der Waals surface area contributed by atoms with E-state index in [9.17, 15) is 9.59 Å². The van der Waals surface area contributed by atoms with Crippen LogP contribution in [0, 0.1) is 11.8 Å². The van der Waals surface area contributed by atoms with E-state index in [1.165, 1.54) is 27.2 Å². The first kappa shape index (κ1) is 15.8. The molecule has 0 aromatic heterocycles. The van der Waals surface area contributed by atoms with Crippen molar-refractivity contribution in [2.45, 2.75) is 18.4 Å². The standard InChI is InChI=1S/C25H19NO2/c27-24-22-20-16-10-4-5-11-17(16)21(19-13-7-6-12-18(19)20)23(22)25(28)26(24)14-15-8-2-1-3-9-15/h1-13,20-23H,14H2/t20?,21?,22-,23-/m0/s1. The van der Waals surface area contributed by atoms with Gasteiger partial charge >= 0.3 is 0 Å². The second-order valence-corrected chi connectivity index (χ2v) is 8.01. The molecule has 1 aliphatic heterocycles. The van der Waals surface area contributed by atoms with Crippen LogP contribution in [0.15, 0.2) is 78.9 Å². The average molecular weight is 365 g/mol. The fourth-order valence-electron chi connectivity index (χ4n) is 5.66.